The standard InChI is InChI=1S/C15H16N2O/c16-9-13-7-4-8-15(14(13)10-17)18-11-12-5-2-1-3-6-12/h4,7-8,12H,1-3,5-6,11H2. The summed E-state index contributed by atoms with van der Waals surface area (Å²) in [5.74, 6) is 1.14. The van der Waals surface area contributed by atoms with Gasteiger partial charge in [0.2, 0.25) is 0 Å². The second-order valence-corrected chi connectivity index (χ2v) is 4.72. The topological polar surface area (TPSA) is 56.8 Å². The van der Waals surface area contributed by atoms with E-state index in [1.807, 2.05) is 6.07 Å². The van der Waals surface area contributed by atoms with Crippen LogP contribution in [0.25, 0.3) is 0 Å². The molecule has 0 saturated heterocycles. The Kier molecular flexibility index (Phi) is 4.20. The minimum absolute atomic E-state index is 0.357. The third-order valence-corrected chi connectivity index (χ3v) is 3.46. The monoisotopic (exact) mass is 240 g/mol. The predicted octanol–water partition coefficient (Wildman–Crippen LogP) is 3.39. The third-order valence-electron chi connectivity index (χ3n) is 3.46. The van der Waals surface area contributed by atoms with Crippen LogP contribution < -0.4 is 4.74 Å². The molecule has 0 spiro atoms. The van der Waals surface area contributed by atoms with Crippen molar-refractivity contribution in [3.05, 3.63) is 29.3 Å². The van der Waals surface area contributed by atoms with Gasteiger partial charge in [0.05, 0.1) is 12.2 Å². The number of hydrogen-bond acceptors (Lipinski definition) is 3. The van der Waals surface area contributed by atoms with Gasteiger partial charge < -0.3 is 4.74 Å². The third kappa shape index (κ3) is 2.81. The molecular weight excluding hydrogens is 224 g/mol. The van der Waals surface area contributed by atoms with Gasteiger partial charge in [0.15, 0.2) is 0 Å². The van der Waals surface area contributed by atoms with Crippen LogP contribution in [0.2, 0.25) is 0 Å². The summed E-state index contributed by atoms with van der Waals surface area (Å²) in [5.41, 5.74) is 0.745. The molecule has 3 nitrogen and oxygen atoms in total. The minimum Gasteiger partial charge on any atom is -0.492 e. The van der Waals surface area contributed by atoms with E-state index in [2.05, 4.69) is 6.07 Å². The first-order valence-corrected chi connectivity index (χ1v) is 6.41. The van der Waals surface area contributed by atoms with Crippen LogP contribution in [0, 0.1) is 28.6 Å². The molecule has 2 rings (SSSR count). The Bertz CT molecular complexity index is 490. The number of benzene rings is 1. The molecule has 1 aromatic rings. The van der Waals surface area contributed by atoms with Crippen LogP contribution in [-0.4, -0.2) is 6.61 Å². The van der Waals surface area contributed by atoms with E-state index < -0.39 is 0 Å². The molecule has 0 atom stereocenters. The Hall–Kier alpha value is -2.00. The van der Waals surface area contributed by atoms with Gasteiger partial charge in [-0.25, -0.2) is 0 Å². The zero-order valence-corrected chi connectivity index (χ0v) is 10.4. The van der Waals surface area contributed by atoms with Gasteiger partial charge in [0, 0.05) is 0 Å². The maximum absolute atomic E-state index is 9.09. The van der Waals surface area contributed by atoms with Crippen molar-refractivity contribution in [2.75, 3.05) is 6.61 Å². The lowest BCUT2D eigenvalue weighted by molar-refractivity contribution is 0.208. The number of nitrogens with zero attached hydrogens (tertiary/aromatic N) is 2. The van der Waals surface area contributed by atoms with Gasteiger partial charge in [-0.15, -0.1) is 0 Å². The van der Waals surface area contributed by atoms with Gasteiger partial charge in [-0.05, 0) is 30.9 Å². The molecule has 18 heavy (non-hydrogen) atoms. The van der Waals surface area contributed by atoms with Gasteiger partial charge in [-0.2, -0.15) is 10.5 Å². The second kappa shape index (κ2) is 6.07. The van der Waals surface area contributed by atoms with Crippen molar-refractivity contribution < 1.29 is 4.74 Å². The molecule has 1 saturated carbocycles. The van der Waals surface area contributed by atoms with Gasteiger partial charge in [-0.1, -0.05) is 25.3 Å². The SMILES string of the molecule is N#Cc1cccc(OCC2CCCCC2)c1C#N. The summed E-state index contributed by atoms with van der Waals surface area (Å²) in [6.45, 7) is 0.656. The summed E-state index contributed by atoms with van der Waals surface area (Å²) >= 11 is 0. The largest absolute Gasteiger partial charge is 0.492 e. The van der Waals surface area contributed by atoms with Crippen LogP contribution in [0.4, 0.5) is 0 Å². The van der Waals surface area contributed by atoms with E-state index in [1.54, 1.807) is 18.2 Å². The molecule has 0 heterocycles. The zero-order chi connectivity index (χ0) is 12.8. The van der Waals surface area contributed by atoms with Crippen LogP contribution in [0.15, 0.2) is 18.2 Å². The normalized spacial score (nSPS) is 15.7. The van der Waals surface area contributed by atoms with E-state index in [-0.39, 0.29) is 0 Å². The van der Waals surface area contributed by atoms with E-state index in [0.29, 0.717) is 29.4 Å². The Morgan fingerprint density at radius 3 is 2.56 bits per heavy atom. The average Bonchev–Trinajstić information content (AvgIpc) is 2.45. The highest BCUT2D eigenvalue weighted by Gasteiger charge is 2.15. The summed E-state index contributed by atoms with van der Waals surface area (Å²) in [5, 5.41) is 18.0. The van der Waals surface area contributed by atoms with Crippen LogP contribution in [0.1, 0.15) is 43.2 Å². The van der Waals surface area contributed by atoms with Gasteiger partial charge in [-0.3, -0.25) is 0 Å². The summed E-state index contributed by atoms with van der Waals surface area (Å²) in [4.78, 5) is 0. The first-order chi connectivity index (χ1) is 8.85. The highest BCUT2D eigenvalue weighted by Crippen LogP contribution is 2.26. The molecule has 1 aliphatic carbocycles. The molecule has 1 fully saturated rings. The average molecular weight is 240 g/mol. The summed E-state index contributed by atoms with van der Waals surface area (Å²) in [6, 6.07) is 9.25. The van der Waals surface area contributed by atoms with Crippen LogP contribution in [0.3, 0.4) is 0 Å². The first kappa shape index (κ1) is 12.5. The minimum atomic E-state index is 0.357. The molecular formula is C15H16N2O. The Morgan fingerprint density at radius 2 is 1.89 bits per heavy atom. The molecule has 0 radical (unpaired) electrons. The molecule has 3 heteroatoms. The lowest BCUT2D eigenvalue weighted by Gasteiger charge is -2.21. The van der Waals surface area contributed by atoms with Crippen LogP contribution >= 0.6 is 0 Å². The molecule has 0 aliphatic heterocycles. The highest BCUT2D eigenvalue weighted by molar-refractivity contribution is 5.53. The zero-order valence-electron chi connectivity index (χ0n) is 10.4. The van der Waals surface area contributed by atoms with E-state index in [4.69, 9.17) is 15.3 Å². The molecule has 1 aromatic carbocycles. The van der Waals surface area contributed by atoms with E-state index in [1.165, 1.54) is 32.1 Å². The number of hydrogen-bond donors (Lipinski definition) is 0. The molecule has 0 aromatic heterocycles. The Morgan fingerprint density at radius 1 is 1.11 bits per heavy atom. The predicted molar refractivity (Wildman–Crippen MR) is 67.9 cm³/mol. The maximum Gasteiger partial charge on any atom is 0.138 e. The van der Waals surface area contributed by atoms with Crippen molar-refractivity contribution >= 4 is 0 Å². The first-order valence-electron chi connectivity index (χ1n) is 6.41. The van der Waals surface area contributed by atoms with Gasteiger partial charge in [0.25, 0.3) is 0 Å². The van der Waals surface area contributed by atoms with Crippen LogP contribution in [-0.2, 0) is 0 Å². The van der Waals surface area contributed by atoms with Crippen molar-refractivity contribution in [1.29, 1.82) is 10.5 Å². The fraction of sp³-hybridized carbons (Fsp3) is 0.467. The van der Waals surface area contributed by atoms with Gasteiger partial charge in [0.1, 0.15) is 23.5 Å². The van der Waals surface area contributed by atoms with E-state index in [9.17, 15) is 0 Å². The highest BCUT2D eigenvalue weighted by atomic mass is 16.5. The van der Waals surface area contributed by atoms with E-state index in [0.717, 1.165) is 0 Å². The number of nitriles is 2. The fourth-order valence-electron chi connectivity index (χ4n) is 2.42. The van der Waals surface area contributed by atoms with E-state index >= 15 is 0 Å². The van der Waals surface area contributed by atoms with Crippen molar-refractivity contribution in [3.63, 3.8) is 0 Å². The van der Waals surface area contributed by atoms with Gasteiger partial charge >= 0.3 is 0 Å². The molecule has 0 bridgehead atoms. The molecule has 0 unspecified atom stereocenters. The smallest absolute Gasteiger partial charge is 0.138 e. The quantitative estimate of drug-likeness (QED) is 0.813. The molecule has 0 amide bonds. The molecule has 1 aliphatic rings. The summed E-state index contributed by atoms with van der Waals surface area (Å²) < 4.78 is 5.74. The number of ether oxygens (including phenoxy) is 1. The molecule has 92 valence electrons. The Labute approximate surface area is 108 Å². The van der Waals surface area contributed by atoms with Crippen molar-refractivity contribution in [1.82, 2.24) is 0 Å². The lowest BCUT2D eigenvalue weighted by Crippen LogP contribution is -2.15. The Balaban J connectivity index is 2.05. The summed E-state index contributed by atoms with van der Waals surface area (Å²) in [6.07, 6.45) is 6.29. The second-order valence-electron chi connectivity index (χ2n) is 4.72. The number of rotatable bonds is 3. The fourth-order valence-corrected chi connectivity index (χ4v) is 2.42. The van der Waals surface area contributed by atoms with Crippen molar-refractivity contribution in [3.8, 4) is 17.9 Å². The van der Waals surface area contributed by atoms with Crippen molar-refractivity contribution in [2.45, 2.75) is 32.1 Å². The maximum atomic E-state index is 9.09. The lowest BCUT2D eigenvalue weighted by atomic mass is 9.90. The molecule has 0 N–H and O–H groups in total. The van der Waals surface area contributed by atoms with Crippen LogP contribution in [0.5, 0.6) is 5.75 Å². The summed E-state index contributed by atoms with van der Waals surface area (Å²) in [7, 11) is 0. The van der Waals surface area contributed by atoms with Crippen molar-refractivity contribution in [2.24, 2.45) is 5.92 Å².